The Kier molecular flexibility index (Phi) is 2.42. The molecule has 0 aliphatic rings. The van der Waals surface area contributed by atoms with Crippen LogP contribution in [0.25, 0.3) is 5.52 Å². The van der Waals surface area contributed by atoms with Crippen molar-refractivity contribution in [1.82, 2.24) is 14.6 Å². The summed E-state index contributed by atoms with van der Waals surface area (Å²) >= 11 is 0. The topological polar surface area (TPSA) is 76.4 Å². The van der Waals surface area contributed by atoms with Crippen molar-refractivity contribution < 1.29 is 5.11 Å². The summed E-state index contributed by atoms with van der Waals surface area (Å²) in [5, 5.41) is 14.0. The number of aliphatic hydroxyl groups is 1. The summed E-state index contributed by atoms with van der Waals surface area (Å²) in [6.07, 6.45) is 0.932. The normalized spacial score (nSPS) is 15.5. The van der Waals surface area contributed by atoms with Crippen molar-refractivity contribution in [2.75, 3.05) is 0 Å². The Morgan fingerprint density at radius 2 is 2.27 bits per heavy atom. The van der Waals surface area contributed by atoms with Crippen LogP contribution >= 0.6 is 0 Å². The molecule has 2 unspecified atom stereocenters. The molecule has 2 rings (SSSR count). The Labute approximate surface area is 87.6 Å². The Bertz CT molecular complexity index is 477. The van der Waals surface area contributed by atoms with Gasteiger partial charge in [-0.05, 0) is 26.0 Å². The first kappa shape index (κ1) is 10.1. The van der Waals surface area contributed by atoms with Gasteiger partial charge >= 0.3 is 0 Å². The molecule has 5 heteroatoms. The lowest BCUT2D eigenvalue weighted by Crippen LogP contribution is -2.24. The number of fused-ring (bicyclic) bond motifs is 1. The van der Waals surface area contributed by atoms with Gasteiger partial charge in [0.2, 0.25) is 0 Å². The summed E-state index contributed by atoms with van der Waals surface area (Å²) in [6, 6.07) is 3.34. The highest BCUT2D eigenvalue weighted by molar-refractivity contribution is 5.53. The number of imidazole rings is 1. The number of nitrogens with zero attached hydrogens (tertiary/aromatic N) is 3. The summed E-state index contributed by atoms with van der Waals surface area (Å²) in [5.41, 5.74) is 7.05. The van der Waals surface area contributed by atoms with Crippen LogP contribution in [-0.4, -0.2) is 25.7 Å². The van der Waals surface area contributed by atoms with Crippen molar-refractivity contribution in [3.8, 4) is 0 Å². The minimum atomic E-state index is -0.752. The van der Waals surface area contributed by atoms with E-state index in [2.05, 4.69) is 10.1 Å². The van der Waals surface area contributed by atoms with E-state index < -0.39 is 6.10 Å². The van der Waals surface area contributed by atoms with Crippen molar-refractivity contribution in [3.05, 3.63) is 29.8 Å². The molecule has 0 saturated heterocycles. The first-order valence-electron chi connectivity index (χ1n) is 4.85. The number of hydrogen-bond acceptors (Lipinski definition) is 4. The van der Waals surface area contributed by atoms with E-state index in [1.54, 1.807) is 17.6 Å². The molecule has 0 amide bonds. The summed E-state index contributed by atoms with van der Waals surface area (Å²) < 4.78 is 1.70. The van der Waals surface area contributed by atoms with Crippen molar-refractivity contribution in [2.24, 2.45) is 5.73 Å². The van der Waals surface area contributed by atoms with Crippen molar-refractivity contribution in [3.63, 3.8) is 0 Å². The molecular formula is C10H14N4O. The fourth-order valence-corrected chi connectivity index (χ4v) is 1.57. The molecule has 0 saturated carbocycles. The highest BCUT2D eigenvalue weighted by Crippen LogP contribution is 2.20. The third kappa shape index (κ3) is 1.60. The van der Waals surface area contributed by atoms with E-state index in [0.29, 0.717) is 5.69 Å². The zero-order valence-electron chi connectivity index (χ0n) is 8.75. The molecule has 0 bridgehead atoms. The maximum absolute atomic E-state index is 9.88. The second-order valence-electron chi connectivity index (χ2n) is 3.67. The van der Waals surface area contributed by atoms with Gasteiger partial charge in [-0.25, -0.2) is 9.50 Å². The van der Waals surface area contributed by atoms with Crippen LogP contribution < -0.4 is 5.73 Å². The molecule has 15 heavy (non-hydrogen) atoms. The average Bonchev–Trinajstić information content (AvgIpc) is 2.56. The largest absolute Gasteiger partial charge is 0.385 e. The van der Waals surface area contributed by atoms with Gasteiger partial charge < -0.3 is 10.8 Å². The third-order valence-corrected chi connectivity index (χ3v) is 2.38. The predicted octanol–water partition coefficient (Wildman–Crippen LogP) is 0.418. The number of aliphatic hydroxyl groups excluding tert-OH is 1. The first-order chi connectivity index (χ1) is 7.11. The lowest BCUT2D eigenvalue weighted by atomic mass is 10.1. The van der Waals surface area contributed by atoms with Gasteiger partial charge in [0.1, 0.15) is 11.9 Å². The van der Waals surface area contributed by atoms with Crippen LogP contribution in [-0.2, 0) is 0 Å². The number of aromatic nitrogens is 3. The maximum Gasteiger partial charge on any atom is 0.127 e. The molecule has 0 aliphatic carbocycles. The molecule has 0 spiro atoms. The number of nitrogens with two attached hydrogens (primary N) is 1. The van der Waals surface area contributed by atoms with Crippen LogP contribution in [0, 0.1) is 6.92 Å². The summed E-state index contributed by atoms with van der Waals surface area (Å²) in [4.78, 5) is 4.28. The van der Waals surface area contributed by atoms with Crippen LogP contribution in [0.1, 0.15) is 24.5 Å². The fourth-order valence-electron chi connectivity index (χ4n) is 1.57. The zero-order valence-corrected chi connectivity index (χ0v) is 8.75. The van der Waals surface area contributed by atoms with Crippen molar-refractivity contribution >= 4 is 5.52 Å². The van der Waals surface area contributed by atoms with E-state index in [0.717, 1.165) is 11.3 Å². The van der Waals surface area contributed by atoms with E-state index in [1.165, 1.54) is 0 Å². The van der Waals surface area contributed by atoms with Gasteiger partial charge in [0.15, 0.2) is 0 Å². The molecule has 0 radical (unpaired) electrons. The third-order valence-electron chi connectivity index (χ3n) is 2.38. The number of aryl methyl sites for hydroxylation is 1. The van der Waals surface area contributed by atoms with Crippen molar-refractivity contribution in [2.45, 2.75) is 26.0 Å². The van der Waals surface area contributed by atoms with Gasteiger partial charge in [-0.3, -0.25) is 0 Å². The van der Waals surface area contributed by atoms with E-state index in [-0.39, 0.29) is 6.04 Å². The minimum Gasteiger partial charge on any atom is -0.385 e. The Morgan fingerprint density at radius 3 is 2.93 bits per heavy atom. The van der Waals surface area contributed by atoms with Gasteiger partial charge in [-0.2, -0.15) is 5.10 Å². The zero-order chi connectivity index (χ0) is 11.0. The summed E-state index contributed by atoms with van der Waals surface area (Å²) in [6.45, 7) is 3.60. The SMILES string of the molecule is Cc1nc(C(O)C(C)N)c2cccnn12. The molecule has 80 valence electrons. The fraction of sp³-hybridized carbons (Fsp3) is 0.400. The quantitative estimate of drug-likeness (QED) is 0.746. The molecule has 2 aromatic heterocycles. The van der Waals surface area contributed by atoms with Crippen LogP contribution in [0.3, 0.4) is 0 Å². The molecule has 0 aromatic carbocycles. The van der Waals surface area contributed by atoms with Crippen molar-refractivity contribution in [1.29, 1.82) is 0 Å². The van der Waals surface area contributed by atoms with E-state index in [4.69, 9.17) is 5.73 Å². The van der Waals surface area contributed by atoms with Gasteiger partial charge in [-0.1, -0.05) is 0 Å². The van der Waals surface area contributed by atoms with Gasteiger partial charge in [0.25, 0.3) is 0 Å². The van der Waals surface area contributed by atoms with Crippen LogP contribution in [0.4, 0.5) is 0 Å². The summed E-state index contributed by atoms with van der Waals surface area (Å²) in [5.74, 6) is 0.750. The van der Waals surface area contributed by atoms with Gasteiger partial charge in [0, 0.05) is 12.2 Å². The van der Waals surface area contributed by atoms with Crippen LogP contribution in [0.15, 0.2) is 18.3 Å². The highest BCUT2D eigenvalue weighted by atomic mass is 16.3. The minimum absolute atomic E-state index is 0.344. The molecule has 0 aliphatic heterocycles. The Hall–Kier alpha value is -1.46. The van der Waals surface area contributed by atoms with Crippen LogP contribution in [0.5, 0.6) is 0 Å². The van der Waals surface area contributed by atoms with E-state index in [1.807, 2.05) is 19.1 Å². The lowest BCUT2D eigenvalue weighted by molar-refractivity contribution is 0.150. The Balaban J connectivity index is 2.62. The molecule has 2 aromatic rings. The highest BCUT2D eigenvalue weighted by Gasteiger charge is 2.19. The first-order valence-corrected chi connectivity index (χ1v) is 4.85. The van der Waals surface area contributed by atoms with E-state index in [9.17, 15) is 5.11 Å². The maximum atomic E-state index is 9.88. The number of hydrogen-bond donors (Lipinski definition) is 2. The standard InChI is InChI=1S/C10H14N4O/c1-6(11)10(15)9-8-4-3-5-12-14(8)7(2)13-9/h3-6,10,15H,11H2,1-2H3. The van der Waals surface area contributed by atoms with E-state index >= 15 is 0 Å². The van der Waals surface area contributed by atoms with Gasteiger partial charge in [-0.15, -0.1) is 0 Å². The average molecular weight is 206 g/mol. The molecule has 2 atom stereocenters. The number of rotatable bonds is 2. The Morgan fingerprint density at radius 1 is 1.53 bits per heavy atom. The monoisotopic (exact) mass is 206 g/mol. The molecule has 2 heterocycles. The molecular weight excluding hydrogens is 192 g/mol. The molecule has 3 N–H and O–H groups in total. The summed E-state index contributed by atoms with van der Waals surface area (Å²) in [7, 11) is 0. The second-order valence-corrected chi connectivity index (χ2v) is 3.67. The smallest absolute Gasteiger partial charge is 0.127 e. The van der Waals surface area contributed by atoms with Crippen LogP contribution in [0.2, 0.25) is 0 Å². The molecule has 0 fully saturated rings. The lowest BCUT2D eigenvalue weighted by Gasteiger charge is -2.11. The second kappa shape index (κ2) is 3.60. The van der Waals surface area contributed by atoms with Gasteiger partial charge in [0.05, 0.1) is 11.2 Å². The predicted molar refractivity (Wildman–Crippen MR) is 56.3 cm³/mol. The molecule has 5 nitrogen and oxygen atoms in total.